The van der Waals surface area contributed by atoms with Crippen LogP contribution in [-0.2, 0) is 4.79 Å². The molecule has 70 valence electrons. The van der Waals surface area contributed by atoms with E-state index in [1.165, 1.54) is 0 Å². The molecule has 0 saturated heterocycles. The van der Waals surface area contributed by atoms with Gasteiger partial charge in [0, 0.05) is 11.8 Å². The van der Waals surface area contributed by atoms with E-state index < -0.39 is 11.6 Å². The van der Waals surface area contributed by atoms with E-state index >= 15 is 0 Å². The maximum Gasteiger partial charge on any atom is 0.167 e. The van der Waals surface area contributed by atoms with Gasteiger partial charge in [0.15, 0.2) is 12.0 Å². The lowest BCUT2D eigenvalue weighted by Gasteiger charge is -2.41. The lowest BCUT2D eigenvalue weighted by atomic mass is 9.64. The average molecular weight is 172 g/mol. The Labute approximate surface area is 73.3 Å². The zero-order chi connectivity index (χ0) is 9.57. The van der Waals surface area contributed by atoms with E-state index in [2.05, 4.69) is 0 Å². The van der Waals surface area contributed by atoms with Crippen molar-refractivity contribution in [3.63, 3.8) is 0 Å². The van der Waals surface area contributed by atoms with E-state index in [9.17, 15) is 9.18 Å². The van der Waals surface area contributed by atoms with Gasteiger partial charge in [-0.2, -0.15) is 0 Å². The fourth-order valence-electron chi connectivity index (χ4n) is 2.38. The molecule has 1 unspecified atom stereocenters. The standard InChI is InChI=1S/C10H17FO/c1-9(2)5-7(12)8(11)10(3,4)6-9/h8H,5-6H2,1-4H3. The highest BCUT2D eigenvalue weighted by Crippen LogP contribution is 2.45. The molecule has 0 bridgehead atoms. The number of carbonyl (C=O) groups excluding carboxylic acids is 1. The van der Waals surface area contributed by atoms with Crippen molar-refractivity contribution in [2.24, 2.45) is 10.8 Å². The predicted octanol–water partition coefficient (Wildman–Crippen LogP) is 2.74. The van der Waals surface area contributed by atoms with Gasteiger partial charge in [0.05, 0.1) is 0 Å². The number of halogens is 1. The van der Waals surface area contributed by atoms with E-state index in [4.69, 9.17) is 0 Å². The molecular formula is C10H17FO. The number of hydrogen-bond donors (Lipinski definition) is 0. The third-order valence-corrected chi connectivity index (χ3v) is 2.56. The second kappa shape index (κ2) is 2.54. The van der Waals surface area contributed by atoms with Crippen LogP contribution >= 0.6 is 0 Å². The van der Waals surface area contributed by atoms with E-state index in [0.717, 1.165) is 6.42 Å². The number of alkyl halides is 1. The van der Waals surface area contributed by atoms with Crippen LogP contribution < -0.4 is 0 Å². The summed E-state index contributed by atoms with van der Waals surface area (Å²) in [7, 11) is 0. The highest BCUT2D eigenvalue weighted by molar-refractivity contribution is 5.85. The molecule has 1 atom stereocenters. The summed E-state index contributed by atoms with van der Waals surface area (Å²) in [5, 5.41) is 0. The monoisotopic (exact) mass is 172 g/mol. The van der Waals surface area contributed by atoms with Gasteiger partial charge >= 0.3 is 0 Å². The summed E-state index contributed by atoms with van der Waals surface area (Å²) in [6, 6.07) is 0. The van der Waals surface area contributed by atoms with Gasteiger partial charge in [-0.3, -0.25) is 4.79 Å². The first-order valence-corrected chi connectivity index (χ1v) is 4.41. The van der Waals surface area contributed by atoms with Gasteiger partial charge in [-0.25, -0.2) is 4.39 Å². The van der Waals surface area contributed by atoms with Crippen LogP contribution in [0, 0.1) is 10.8 Å². The van der Waals surface area contributed by atoms with Crippen molar-refractivity contribution >= 4 is 5.78 Å². The minimum Gasteiger partial charge on any atom is -0.296 e. The second-order valence-electron chi connectivity index (χ2n) is 5.34. The Balaban J connectivity index is 2.87. The molecule has 1 rings (SSSR count). The Morgan fingerprint density at radius 2 is 1.83 bits per heavy atom. The molecule has 1 aliphatic carbocycles. The average Bonchev–Trinajstić information content (AvgIpc) is 1.79. The van der Waals surface area contributed by atoms with Gasteiger partial charge in [0.1, 0.15) is 0 Å². The van der Waals surface area contributed by atoms with Crippen molar-refractivity contribution in [1.82, 2.24) is 0 Å². The minimum absolute atomic E-state index is 0.0246. The summed E-state index contributed by atoms with van der Waals surface area (Å²) in [6.45, 7) is 7.71. The molecule has 0 heterocycles. The molecule has 0 aliphatic heterocycles. The summed E-state index contributed by atoms with van der Waals surface area (Å²) in [6.07, 6.45) is -0.0876. The largest absolute Gasteiger partial charge is 0.296 e. The maximum atomic E-state index is 13.3. The minimum atomic E-state index is -1.26. The number of hydrogen-bond acceptors (Lipinski definition) is 1. The van der Waals surface area contributed by atoms with E-state index in [-0.39, 0.29) is 11.2 Å². The molecule has 12 heavy (non-hydrogen) atoms. The van der Waals surface area contributed by atoms with Crippen molar-refractivity contribution in [3.05, 3.63) is 0 Å². The normalized spacial score (nSPS) is 33.4. The summed E-state index contributed by atoms with van der Waals surface area (Å²) in [5.74, 6) is -0.226. The van der Waals surface area contributed by atoms with E-state index in [0.29, 0.717) is 6.42 Å². The van der Waals surface area contributed by atoms with Gasteiger partial charge in [0.25, 0.3) is 0 Å². The second-order valence-corrected chi connectivity index (χ2v) is 5.34. The molecule has 1 aliphatic rings. The molecule has 2 heteroatoms. The van der Waals surface area contributed by atoms with Crippen molar-refractivity contribution in [2.45, 2.75) is 46.7 Å². The molecule has 1 nitrogen and oxygen atoms in total. The Morgan fingerprint density at radius 1 is 1.33 bits per heavy atom. The predicted molar refractivity (Wildman–Crippen MR) is 46.7 cm³/mol. The highest BCUT2D eigenvalue weighted by atomic mass is 19.1. The van der Waals surface area contributed by atoms with Crippen LogP contribution in [-0.4, -0.2) is 12.0 Å². The Bertz CT molecular complexity index is 206. The van der Waals surface area contributed by atoms with Crippen molar-refractivity contribution in [3.8, 4) is 0 Å². The van der Waals surface area contributed by atoms with E-state index in [1.807, 2.05) is 27.7 Å². The first-order valence-electron chi connectivity index (χ1n) is 4.41. The molecule has 0 aromatic rings. The lowest BCUT2D eigenvalue weighted by molar-refractivity contribution is -0.136. The molecule has 0 aromatic carbocycles. The number of carbonyl (C=O) groups is 1. The lowest BCUT2D eigenvalue weighted by Crippen LogP contribution is -2.44. The van der Waals surface area contributed by atoms with Crippen molar-refractivity contribution in [2.75, 3.05) is 0 Å². The van der Waals surface area contributed by atoms with Crippen LogP contribution in [0.3, 0.4) is 0 Å². The van der Waals surface area contributed by atoms with Crippen LogP contribution in [0.1, 0.15) is 40.5 Å². The Kier molecular flexibility index (Phi) is 2.05. The summed E-state index contributed by atoms with van der Waals surface area (Å²) >= 11 is 0. The molecule has 1 fully saturated rings. The first-order chi connectivity index (χ1) is 5.25. The van der Waals surface area contributed by atoms with Crippen LogP contribution in [0.25, 0.3) is 0 Å². The van der Waals surface area contributed by atoms with Crippen LogP contribution in [0.5, 0.6) is 0 Å². The highest BCUT2D eigenvalue weighted by Gasteiger charge is 2.45. The third kappa shape index (κ3) is 1.67. The zero-order valence-electron chi connectivity index (χ0n) is 8.28. The number of Topliss-reactive ketones (excluding diaryl/α,β-unsaturated/α-hetero) is 1. The van der Waals surface area contributed by atoms with Crippen LogP contribution in [0.2, 0.25) is 0 Å². The first kappa shape index (κ1) is 9.69. The van der Waals surface area contributed by atoms with Crippen LogP contribution in [0.4, 0.5) is 4.39 Å². The smallest absolute Gasteiger partial charge is 0.167 e. The summed E-state index contributed by atoms with van der Waals surface area (Å²) < 4.78 is 13.3. The summed E-state index contributed by atoms with van der Waals surface area (Å²) in [5.41, 5.74) is -0.498. The molecule has 1 saturated carbocycles. The fourth-order valence-corrected chi connectivity index (χ4v) is 2.38. The van der Waals surface area contributed by atoms with Gasteiger partial charge in [-0.1, -0.05) is 27.7 Å². The topological polar surface area (TPSA) is 17.1 Å². The van der Waals surface area contributed by atoms with Crippen molar-refractivity contribution < 1.29 is 9.18 Å². The van der Waals surface area contributed by atoms with Gasteiger partial charge < -0.3 is 0 Å². The Morgan fingerprint density at radius 3 is 2.25 bits per heavy atom. The van der Waals surface area contributed by atoms with Crippen molar-refractivity contribution in [1.29, 1.82) is 0 Å². The quantitative estimate of drug-likeness (QED) is 0.549. The van der Waals surface area contributed by atoms with Crippen LogP contribution in [0.15, 0.2) is 0 Å². The molecular weight excluding hydrogens is 155 g/mol. The molecule has 0 spiro atoms. The van der Waals surface area contributed by atoms with Gasteiger partial charge in [-0.15, -0.1) is 0 Å². The maximum absolute atomic E-state index is 13.3. The Hall–Kier alpha value is -0.400. The molecule has 0 radical (unpaired) electrons. The molecule has 0 N–H and O–H groups in total. The zero-order valence-corrected chi connectivity index (χ0v) is 8.28. The number of ketones is 1. The number of rotatable bonds is 0. The SMILES string of the molecule is CC1(C)CC(=O)C(F)C(C)(C)C1. The van der Waals surface area contributed by atoms with Gasteiger partial charge in [-0.05, 0) is 11.8 Å². The third-order valence-electron chi connectivity index (χ3n) is 2.56. The molecule has 0 aromatic heterocycles. The van der Waals surface area contributed by atoms with Gasteiger partial charge in [0.2, 0.25) is 0 Å². The summed E-state index contributed by atoms with van der Waals surface area (Å²) in [4.78, 5) is 11.3. The molecule has 0 amide bonds. The van der Waals surface area contributed by atoms with E-state index in [1.54, 1.807) is 0 Å². The fraction of sp³-hybridized carbons (Fsp3) is 0.900.